The summed E-state index contributed by atoms with van der Waals surface area (Å²) in [7, 11) is 0. The number of carbonyl (C=O) groups is 3. The maximum absolute atomic E-state index is 12.0. The molecule has 130 valence electrons. The molecule has 0 atom stereocenters. The summed E-state index contributed by atoms with van der Waals surface area (Å²) in [6.07, 6.45) is 0. The van der Waals surface area contributed by atoms with Crippen molar-refractivity contribution in [2.45, 2.75) is 26.3 Å². The lowest BCUT2D eigenvalue weighted by Gasteiger charge is -2.20. The van der Waals surface area contributed by atoms with E-state index in [1.165, 1.54) is 6.07 Å². The predicted octanol–water partition coefficient (Wildman–Crippen LogP) is 0.603. The van der Waals surface area contributed by atoms with E-state index in [1.54, 1.807) is 12.1 Å². The van der Waals surface area contributed by atoms with Crippen LogP contribution in [0.25, 0.3) is 0 Å². The molecule has 1 aliphatic heterocycles. The Bertz CT molecular complexity index is 650. The Morgan fingerprint density at radius 3 is 2.58 bits per heavy atom. The van der Waals surface area contributed by atoms with Gasteiger partial charge in [0, 0.05) is 11.1 Å². The zero-order valence-corrected chi connectivity index (χ0v) is 13.8. The largest absolute Gasteiger partial charge is 0.454 e. The number of hydrogen-bond acceptors (Lipinski definition) is 6. The fraction of sp³-hybridized carbons (Fsp3) is 0.438. The van der Waals surface area contributed by atoms with Gasteiger partial charge < -0.3 is 24.8 Å². The summed E-state index contributed by atoms with van der Waals surface area (Å²) in [6.45, 7) is 4.84. The lowest BCUT2D eigenvalue weighted by atomic mass is 10.1. The van der Waals surface area contributed by atoms with Crippen LogP contribution < -0.4 is 20.1 Å². The monoisotopic (exact) mass is 336 g/mol. The van der Waals surface area contributed by atoms with Gasteiger partial charge in [0.15, 0.2) is 18.1 Å². The first-order valence-electron chi connectivity index (χ1n) is 7.39. The highest BCUT2D eigenvalue weighted by atomic mass is 16.7. The van der Waals surface area contributed by atoms with Crippen molar-refractivity contribution in [2.24, 2.45) is 0 Å². The molecule has 1 aromatic rings. The molecule has 8 heteroatoms. The van der Waals surface area contributed by atoms with Crippen LogP contribution in [-0.2, 0) is 14.3 Å². The van der Waals surface area contributed by atoms with E-state index in [-0.39, 0.29) is 13.3 Å². The highest BCUT2D eigenvalue weighted by Gasteiger charge is 2.18. The zero-order valence-electron chi connectivity index (χ0n) is 13.8. The summed E-state index contributed by atoms with van der Waals surface area (Å²) in [5.74, 6) is -0.518. The van der Waals surface area contributed by atoms with Crippen LogP contribution in [0.5, 0.6) is 11.5 Å². The number of benzene rings is 1. The van der Waals surface area contributed by atoms with Gasteiger partial charge in [-0.15, -0.1) is 0 Å². The number of nitrogens with one attached hydrogen (secondary N) is 2. The van der Waals surface area contributed by atoms with Gasteiger partial charge in [0.25, 0.3) is 11.8 Å². The maximum atomic E-state index is 12.0. The minimum Gasteiger partial charge on any atom is -0.454 e. The first kappa shape index (κ1) is 17.6. The van der Waals surface area contributed by atoms with Crippen LogP contribution in [-0.4, -0.2) is 43.3 Å². The minimum atomic E-state index is -0.701. The van der Waals surface area contributed by atoms with Crippen LogP contribution in [0.2, 0.25) is 0 Å². The molecule has 0 saturated carbocycles. The third-order valence-electron chi connectivity index (χ3n) is 2.91. The predicted molar refractivity (Wildman–Crippen MR) is 83.8 cm³/mol. The van der Waals surface area contributed by atoms with Crippen molar-refractivity contribution in [2.75, 3.05) is 19.9 Å². The van der Waals surface area contributed by atoms with Crippen molar-refractivity contribution in [3.8, 4) is 11.5 Å². The molecule has 0 spiro atoms. The van der Waals surface area contributed by atoms with Crippen molar-refractivity contribution in [1.82, 2.24) is 10.6 Å². The first-order valence-corrected chi connectivity index (χ1v) is 7.39. The number of carbonyl (C=O) groups excluding carboxylic acids is 3. The normalized spacial score (nSPS) is 12.5. The first-order chi connectivity index (χ1) is 11.2. The standard InChI is InChI=1S/C16H20N2O6/c1-16(2,3)18-13(19)8-22-14(20)7-17-15(21)10-4-5-11-12(6-10)24-9-23-11/h4-6H,7-9H2,1-3H3,(H,17,21)(H,18,19). The SMILES string of the molecule is CC(C)(C)NC(=O)COC(=O)CNC(=O)c1ccc2c(c1)OCO2. The highest BCUT2D eigenvalue weighted by Crippen LogP contribution is 2.32. The molecular formula is C16H20N2O6. The van der Waals surface area contributed by atoms with Crippen LogP contribution >= 0.6 is 0 Å². The second kappa shape index (κ2) is 7.20. The lowest BCUT2D eigenvalue weighted by Crippen LogP contribution is -2.43. The van der Waals surface area contributed by atoms with E-state index in [9.17, 15) is 14.4 Å². The fourth-order valence-corrected chi connectivity index (χ4v) is 1.94. The van der Waals surface area contributed by atoms with Gasteiger partial charge in [-0.3, -0.25) is 14.4 Å². The zero-order chi connectivity index (χ0) is 17.7. The second-order valence-electron chi connectivity index (χ2n) is 6.21. The summed E-state index contributed by atoms with van der Waals surface area (Å²) >= 11 is 0. The van der Waals surface area contributed by atoms with E-state index in [0.717, 1.165) is 0 Å². The van der Waals surface area contributed by atoms with Gasteiger partial charge in [0.2, 0.25) is 6.79 Å². The molecule has 1 aromatic carbocycles. The van der Waals surface area contributed by atoms with Crippen LogP contribution in [0.1, 0.15) is 31.1 Å². The number of fused-ring (bicyclic) bond motifs is 1. The lowest BCUT2D eigenvalue weighted by molar-refractivity contribution is -0.147. The number of hydrogen-bond donors (Lipinski definition) is 2. The summed E-state index contributed by atoms with van der Waals surface area (Å²) in [5, 5.41) is 5.08. The van der Waals surface area contributed by atoms with E-state index in [1.807, 2.05) is 20.8 Å². The molecule has 0 saturated heterocycles. The van der Waals surface area contributed by atoms with Gasteiger partial charge >= 0.3 is 5.97 Å². The molecule has 0 aliphatic carbocycles. The molecule has 2 N–H and O–H groups in total. The minimum absolute atomic E-state index is 0.114. The van der Waals surface area contributed by atoms with E-state index in [0.29, 0.717) is 17.1 Å². The van der Waals surface area contributed by atoms with Gasteiger partial charge in [0.05, 0.1) is 0 Å². The van der Waals surface area contributed by atoms with E-state index in [4.69, 9.17) is 14.2 Å². The smallest absolute Gasteiger partial charge is 0.325 e. The molecule has 24 heavy (non-hydrogen) atoms. The Balaban J connectivity index is 1.75. The van der Waals surface area contributed by atoms with E-state index in [2.05, 4.69) is 10.6 Å². The van der Waals surface area contributed by atoms with Crippen molar-refractivity contribution in [1.29, 1.82) is 0 Å². The van der Waals surface area contributed by atoms with Gasteiger partial charge in [-0.1, -0.05) is 0 Å². The Hall–Kier alpha value is -2.77. The molecule has 1 heterocycles. The number of ether oxygens (including phenoxy) is 3. The molecule has 0 fully saturated rings. The third kappa shape index (κ3) is 5.15. The van der Waals surface area contributed by atoms with Crippen molar-refractivity contribution >= 4 is 17.8 Å². The number of esters is 1. The van der Waals surface area contributed by atoms with Crippen molar-refractivity contribution < 1.29 is 28.6 Å². The molecule has 0 bridgehead atoms. The summed E-state index contributed by atoms with van der Waals surface area (Å²) in [5.41, 5.74) is -0.0747. The molecule has 0 aromatic heterocycles. The Morgan fingerprint density at radius 1 is 1.17 bits per heavy atom. The number of amides is 2. The van der Waals surface area contributed by atoms with Crippen molar-refractivity contribution in [3.63, 3.8) is 0 Å². The average Bonchev–Trinajstić information content (AvgIpc) is 2.96. The molecule has 2 rings (SSSR count). The highest BCUT2D eigenvalue weighted by molar-refractivity contribution is 5.96. The Labute approximate surface area is 139 Å². The molecule has 2 amide bonds. The molecule has 8 nitrogen and oxygen atoms in total. The van der Waals surface area contributed by atoms with Crippen molar-refractivity contribution in [3.05, 3.63) is 23.8 Å². The van der Waals surface area contributed by atoms with E-state index < -0.39 is 29.9 Å². The van der Waals surface area contributed by atoms with Crippen LogP contribution in [0, 0.1) is 0 Å². The van der Waals surface area contributed by atoms with Crippen LogP contribution in [0.4, 0.5) is 0 Å². The van der Waals surface area contributed by atoms with Gasteiger partial charge in [-0.25, -0.2) is 0 Å². The maximum Gasteiger partial charge on any atom is 0.325 e. The van der Waals surface area contributed by atoms with Gasteiger partial charge in [-0.2, -0.15) is 0 Å². The fourth-order valence-electron chi connectivity index (χ4n) is 1.94. The van der Waals surface area contributed by atoms with Crippen LogP contribution in [0.3, 0.4) is 0 Å². The molecular weight excluding hydrogens is 316 g/mol. The van der Waals surface area contributed by atoms with E-state index >= 15 is 0 Å². The summed E-state index contributed by atoms with van der Waals surface area (Å²) in [4.78, 5) is 35.1. The third-order valence-corrected chi connectivity index (χ3v) is 2.91. The van der Waals surface area contributed by atoms with Gasteiger partial charge in [-0.05, 0) is 39.0 Å². The summed E-state index contributed by atoms with van der Waals surface area (Å²) in [6, 6.07) is 4.71. The molecule has 0 unspecified atom stereocenters. The van der Waals surface area contributed by atoms with Gasteiger partial charge in [0.1, 0.15) is 6.54 Å². The Morgan fingerprint density at radius 2 is 1.88 bits per heavy atom. The average molecular weight is 336 g/mol. The quantitative estimate of drug-likeness (QED) is 0.764. The second-order valence-corrected chi connectivity index (χ2v) is 6.21. The Kier molecular flexibility index (Phi) is 5.28. The van der Waals surface area contributed by atoms with Crippen LogP contribution in [0.15, 0.2) is 18.2 Å². The number of rotatable bonds is 5. The summed E-state index contributed by atoms with van der Waals surface area (Å²) < 4.78 is 15.1. The topological polar surface area (TPSA) is 103 Å². The molecule has 1 aliphatic rings. The molecule has 0 radical (unpaired) electrons.